The Morgan fingerprint density at radius 3 is 2.60 bits per heavy atom. The number of nitrogens with zero attached hydrogens (tertiary/aromatic N) is 2. The molecule has 2 heterocycles. The van der Waals surface area contributed by atoms with Crippen LogP contribution < -0.4 is 0 Å². The van der Waals surface area contributed by atoms with Crippen LogP contribution in [-0.2, 0) is 4.94 Å². The number of hydrogen-bond acceptors (Lipinski definition) is 2. The number of rotatable bonds is 4. The number of halogens is 1. The quantitative estimate of drug-likeness (QED) is 0.599. The van der Waals surface area contributed by atoms with E-state index in [1.165, 1.54) is 5.56 Å². The van der Waals surface area contributed by atoms with Gasteiger partial charge in [0.15, 0.2) is 0 Å². The van der Waals surface area contributed by atoms with Gasteiger partial charge in [0.25, 0.3) is 0 Å². The minimum atomic E-state index is -0.595. The maximum atomic E-state index is 13.3. The lowest BCUT2D eigenvalue weighted by molar-refractivity contribution is -0.186. The molecule has 0 fully saturated rings. The van der Waals surface area contributed by atoms with Crippen LogP contribution in [0.25, 0.3) is 11.3 Å². The highest BCUT2D eigenvalue weighted by Crippen LogP contribution is 2.44. The molecule has 0 N–H and O–H groups in total. The zero-order chi connectivity index (χ0) is 17.8. The van der Waals surface area contributed by atoms with Crippen molar-refractivity contribution < 1.29 is 9.47 Å². The molecule has 3 nitrogen and oxygen atoms in total. The Morgan fingerprint density at radius 1 is 1.12 bits per heavy atom. The average molecular weight is 338 g/mol. The number of aromatic nitrogens is 2. The van der Waals surface area contributed by atoms with Crippen LogP contribution in [0.5, 0.6) is 0 Å². The maximum Gasteiger partial charge on any atom is 0.126 e. The number of fused-ring (bicyclic) bond motifs is 3. The van der Waals surface area contributed by atoms with E-state index in [9.17, 15) is 4.53 Å². The van der Waals surface area contributed by atoms with Crippen molar-refractivity contribution in [3.63, 3.8) is 0 Å². The summed E-state index contributed by atoms with van der Waals surface area (Å²) in [7, 11) is 0. The molecule has 1 aliphatic rings. The van der Waals surface area contributed by atoms with Gasteiger partial charge in [0.05, 0.1) is 24.3 Å². The predicted octanol–water partition coefficient (Wildman–Crippen LogP) is 5.82. The van der Waals surface area contributed by atoms with Crippen LogP contribution in [0.1, 0.15) is 49.1 Å². The summed E-state index contributed by atoms with van der Waals surface area (Å²) in [5.74, 6) is 0. The highest BCUT2D eigenvalue weighted by atomic mass is 19.3. The normalized spacial score (nSPS) is 15.8. The Bertz CT molecular complexity index is 843. The van der Waals surface area contributed by atoms with Crippen LogP contribution in [0.4, 0.5) is 4.53 Å². The lowest BCUT2D eigenvalue weighted by Crippen LogP contribution is -2.12. The summed E-state index contributed by atoms with van der Waals surface area (Å²) in [4.78, 5) is 8.60. The molecule has 2 unspecified atom stereocenters. The lowest BCUT2D eigenvalue weighted by atomic mass is 9.94. The van der Waals surface area contributed by atoms with E-state index in [1.54, 1.807) is 0 Å². The van der Waals surface area contributed by atoms with Gasteiger partial charge in [-0.2, -0.15) is 4.94 Å². The smallest absolute Gasteiger partial charge is 0.126 e. The second kappa shape index (κ2) is 7.62. The minimum Gasteiger partial charge on any atom is -0.323 e. The fraction of sp³-hybridized carbons (Fsp3) is 0.286. The van der Waals surface area contributed by atoms with Crippen LogP contribution in [0.3, 0.4) is 0 Å². The van der Waals surface area contributed by atoms with E-state index in [2.05, 4.69) is 26.6 Å². The predicted molar refractivity (Wildman–Crippen MR) is 97.9 cm³/mol. The molecule has 0 spiro atoms. The summed E-state index contributed by atoms with van der Waals surface area (Å²) in [5.41, 5.74) is 5.36. The Morgan fingerprint density at radius 2 is 1.84 bits per heavy atom. The van der Waals surface area contributed by atoms with Crippen molar-refractivity contribution in [2.45, 2.75) is 39.3 Å². The Labute approximate surface area is 148 Å². The molecule has 2 aromatic carbocycles. The van der Waals surface area contributed by atoms with Gasteiger partial charge in [-0.1, -0.05) is 62.4 Å². The van der Waals surface area contributed by atoms with Gasteiger partial charge in [-0.3, -0.25) is 0 Å². The minimum absolute atomic E-state index is 0.0315. The van der Waals surface area contributed by atoms with Crippen LogP contribution in [0.15, 0.2) is 61.1 Å². The van der Waals surface area contributed by atoms with E-state index in [4.69, 9.17) is 0 Å². The number of aryl methyl sites for hydroxylation is 1. The second-order valence-corrected chi connectivity index (χ2v) is 5.96. The zero-order valence-corrected chi connectivity index (χ0v) is 14.8. The lowest BCUT2D eigenvalue weighted by Gasteiger charge is -2.21. The van der Waals surface area contributed by atoms with Crippen molar-refractivity contribution in [1.29, 1.82) is 0 Å². The van der Waals surface area contributed by atoms with Gasteiger partial charge in [-0.25, -0.2) is 4.98 Å². The molecule has 4 heteroatoms. The van der Waals surface area contributed by atoms with Crippen LogP contribution in [-0.4, -0.2) is 9.55 Å². The molecular weight excluding hydrogens is 315 g/mol. The van der Waals surface area contributed by atoms with Crippen LogP contribution in [0, 0.1) is 6.92 Å². The standard InChI is InChI=1S/C19H17FN2O.C2H6/c1-13-6-2-3-7-14(13)19(23-20)10-17-15-8-4-5-9-16(15)18-11-21-12-22(17)18;1-2/h2-9,11-12,17,19H,10H2,1H3;1-2H3. The van der Waals surface area contributed by atoms with E-state index >= 15 is 0 Å². The first-order valence-electron chi connectivity index (χ1n) is 8.73. The van der Waals surface area contributed by atoms with Crippen molar-refractivity contribution in [3.05, 3.63) is 77.7 Å². The van der Waals surface area contributed by atoms with Crippen molar-refractivity contribution in [3.8, 4) is 11.3 Å². The third-order valence-electron chi connectivity index (χ3n) is 4.68. The topological polar surface area (TPSA) is 27.1 Å². The Balaban J connectivity index is 0.000000880. The third kappa shape index (κ3) is 3.10. The van der Waals surface area contributed by atoms with Crippen LogP contribution in [0.2, 0.25) is 0 Å². The van der Waals surface area contributed by atoms with Gasteiger partial charge in [0.2, 0.25) is 0 Å². The summed E-state index contributed by atoms with van der Waals surface area (Å²) >= 11 is 0. The molecule has 1 aromatic heterocycles. The van der Waals surface area contributed by atoms with E-state index in [-0.39, 0.29) is 6.04 Å². The van der Waals surface area contributed by atoms with Gasteiger partial charge >= 0.3 is 0 Å². The van der Waals surface area contributed by atoms with E-state index < -0.39 is 6.10 Å². The summed E-state index contributed by atoms with van der Waals surface area (Å²) in [6.07, 6.45) is 3.61. The third-order valence-corrected chi connectivity index (χ3v) is 4.68. The van der Waals surface area contributed by atoms with Crippen LogP contribution >= 0.6 is 0 Å². The molecule has 3 aromatic rings. The van der Waals surface area contributed by atoms with Gasteiger partial charge in [-0.05, 0) is 28.1 Å². The SMILES string of the molecule is CC.Cc1ccccc1C(CC1c2ccccc2-c2cncn21)OF. The first kappa shape index (κ1) is 17.4. The van der Waals surface area contributed by atoms with E-state index in [0.29, 0.717) is 6.42 Å². The molecule has 0 radical (unpaired) electrons. The summed E-state index contributed by atoms with van der Waals surface area (Å²) < 4.78 is 15.4. The molecule has 0 bridgehead atoms. The molecule has 25 heavy (non-hydrogen) atoms. The van der Waals surface area contributed by atoms with Gasteiger partial charge in [0.1, 0.15) is 6.10 Å². The van der Waals surface area contributed by atoms with Gasteiger partial charge in [-0.15, -0.1) is 0 Å². The van der Waals surface area contributed by atoms with Crippen molar-refractivity contribution >= 4 is 0 Å². The van der Waals surface area contributed by atoms with Crippen molar-refractivity contribution in [2.75, 3.05) is 0 Å². The molecule has 0 aliphatic carbocycles. The first-order valence-corrected chi connectivity index (χ1v) is 8.73. The molecule has 0 amide bonds. The number of hydrogen-bond donors (Lipinski definition) is 0. The Hall–Kier alpha value is -2.46. The highest BCUT2D eigenvalue weighted by molar-refractivity contribution is 5.68. The molecule has 0 saturated heterocycles. The molecule has 4 rings (SSSR count). The van der Waals surface area contributed by atoms with E-state index in [0.717, 1.165) is 22.4 Å². The zero-order valence-electron chi connectivity index (χ0n) is 14.8. The van der Waals surface area contributed by atoms with Crippen molar-refractivity contribution in [1.82, 2.24) is 9.55 Å². The second-order valence-electron chi connectivity index (χ2n) is 5.96. The largest absolute Gasteiger partial charge is 0.323 e. The first-order chi connectivity index (χ1) is 12.3. The van der Waals surface area contributed by atoms with E-state index in [1.807, 2.05) is 69.7 Å². The molecule has 130 valence electrons. The summed E-state index contributed by atoms with van der Waals surface area (Å²) in [6.45, 7) is 5.98. The number of imidazole rings is 1. The monoisotopic (exact) mass is 338 g/mol. The average Bonchev–Trinajstić information content (AvgIpc) is 3.24. The molecule has 0 saturated carbocycles. The fourth-order valence-corrected chi connectivity index (χ4v) is 3.53. The highest BCUT2D eigenvalue weighted by Gasteiger charge is 2.31. The maximum absolute atomic E-state index is 13.3. The van der Waals surface area contributed by atoms with Gasteiger partial charge in [0, 0.05) is 12.0 Å². The summed E-state index contributed by atoms with van der Waals surface area (Å²) in [6, 6.07) is 16.0. The fourth-order valence-electron chi connectivity index (χ4n) is 3.53. The molecule has 1 aliphatic heterocycles. The Kier molecular flexibility index (Phi) is 5.29. The molecular formula is C21H23FN2O. The molecule has 2 atom stereocenters. The van der Waals surface area contributed by atoms with Gasteiger partial charge < -0.3 is 4.57 Å². The van der Waals surface area contributed by atoms with Crippen molar-refractivity contribution in [2.24, 2.45) is 0 Å². The number of benzene rings is 2. The summed E-state index contributed by atoms with van der Waals surface area (Å²) in [5, 5.41) is 0.